The lowest BCUT2D eigenvalue weighted by Gasteiger charge is -2.08. The lowest BCUT2D eigenvalue weighted by molar-refractivity contribution is -0.113. The van der Waals surface area contributed by atoms with E-state index in [4.69, 9.17) is 16.3 Å². The number of carbonyl (C=O) groups is 1. The number of benzene rings is 2. The molecular weight excluding hydrogens is 382 g/mol. The van der Waals surface area contributed by atoms with Crippen LogP contribution in [0.2, 0.25) is 5.02 Å². The van der Waals surface area contributed by atoms with Crippen LogP contribution in [-0.4, -0.2) is 21.6 Å². The van der Waals surface area contributed by atoms with Crippen LogP contribution in [-0.2, 0) is 4.79 Å². The first-order valence-electron chi connectivity index (χ1n) is 8.26. The fourth-order valence-electron chi connectivity index (χ4n) is 2.33. The van der Waals surface area contributed by atoms with Gasteiger partial charge in [0.1, 0.15) is 11.5 Å². The first-order valence-corrected chi connectivity index (χ1v) is 9.63. The summed E-state index contributed by atoms with van der Waals surface area (Å²) >= 11 is 7.17. The Kier molecular flexibility index (Phi) is 6.32. The third-order valence-corrected chi connectivity index (χ3v) is 4.58. The molecule has 1 amide bonds. The van der Waals surface area contributed by atoms with Gasteiger partial charge in [0.2, 0.25) is 5.91 Å². The summed E-state index contributed by atoms with van der Waals surface area (Å²) < 4.78 is 5.73. The van der Waals surface area contributed by atoms with Crippen molar-refractivity contribution in [2.24, 2.45) is 0 Å². The molecule has 3 rings (SSSR count). The van der Waals surface area contributed by atoms with Crippen LogP contribution in [0, 0.1) is 13.8 Å². The molecule has 0 saturated carbocycles. The highest BCUT2D eigenvalue weighted by Gasteiger charge is 2.07. The third kappa shape index (κ3) is 5.98. The van der Waals surface area contributed by atoms with Crippen LogP contribution in [0.4, 0.5) is 5.69 Å². The fourth-order valence-corrected chi connectivity index (χ4v) is 3.21. The quantitative estimate of drug-likeness (QED) is 0.451. The minimum atomic E-state index is -0.117. The molecule has 1 N–H and O–H groups in total. The number of hydrogen-bond donors (Lipinski definition) is 1. The number of halogens is 1. The topological polar surface area (TPSA) is 64.1 Å². The number of aromatic nitrogens is 2. The van der Waals surface area contributed by atoms with Crippen LogP contribution in [0.5, 0.6) is 11.5 Å². The highest BCUT2D eigenvalue weighted by atomic mass is 35.5. The Morgan fingerprint density at radius 1 is 1.00 bits per heavy atom. The van der Waals surface area contributed by atoms with Gasteiger partial charge in [-0.25, -0.2) is 9.97 Å². The van der Waals surface area contributed by atoms with Crippen LogP contribution in [0.15, 0.2) is 59.8 Å². The van der Waals surface area contributed by atoms with Crippen LogP contribution >= 0.6 is 23.4 Å². The van der Waals surface area contributed by atoms with Crippen molar-refractivity contribution in [1.82, 2.24) is 9.97 Å². The molecule has 3 aromatic rings. The minimum Gasteiger partial charge on any atom is -0.457 e. The molecule has 7 heteroatoms. The number of aryl methyl sites for hydroxylation is 2. The molecule has 0 radical (unpaired) electrons. The second kappa shape index (κ2) is 8.88. The van der Waals surface area contributed by atoms with Crippen molar-refractivity contribution in [2.45, 2.75) is 19.0 Å². The van der Waals surface area contributed by atoms with E-state index in [0.717, 1.165) is 11.4 Å². The Morgan fingerprint density at radius 3 is 2.15 bits per heavy atom. The van der Waals surface area contributed by atoms with Crippen molar-refractivity contribution in [3.63, 3.8) is 0 Å². The zero-order valence-electron chi connectivity index (χ0n) is 14.9. The summed E-state index contributed by atoms with van der Waals surface area (Å²) in [7, 11) is 0. The van der Waals surface area contributed by atoms with Crippen LogP contribution in [0.1, 0.15) is 11.4 Å². The SMILES string of the molecule is Cc1cc(C)nc(SCC(=O)Nc2ccc(Oc3ccc(Cl)cc3)cc2)n1. The molecule has 27 heavy (non-hydrogen) atoms. The number of amides is 1. The molecule has 0 unspecified atom stereocenters. The molecule has 138 valence electrons. The molecule has 5 nitrogen and oxygen atoms in total. The van der Waals surface area contributed by atoms with Crippen molar-refractivity contribution in [3.05, 3.63) is 71.0 Å². The Balaban J connectivity index is 1.52. The van der Waals surface area contributed by atoms with Crippen molar-refractivity contribution < 1.29 is 9.53 Å². The summed E-state index contributed by atoms with van der Waals surface area (Å²) in [6.45, 7) is 3.82. The normalized spacial score (nSPS) is 10.5. The second-order valence-corrected chi connectivity index (χ2v) is 7.23. The molecule has 0 aliphatic carbocycles. The van der Waals surface area contributed by atoms with Gasteiger partial charge in [0.15, 0.2) is 5.16 Å². The molecular formula is C20H18ClN3O2S. The summed E-state index contributed by atoms with van der Waals surface area (Å²) in [5.74, 6) is 1.50. The van der Waals surface area contributed by atoms with E-state index in [2.05, 4.69) is 15.3 Å². The van der Waals surface area contributed by atoms with Gasteiger partial charge in [-0.2, -0.15) is 0 Å². The van der Waals surface area contributed by atoms with E-state index < -0.39 is 0 Å². The fraction of sp³-hybridized carbons (Fsp3) is 0.150. The molecule has 0 atom stereocenters. The number of rotatable bonds is 6. The van der Waals surface area contributed by atoms with Crippen LogP contribution < -0.4 is 10.1 Å². The van der Waals surface area contributed by atoms with E-state index in [0.29, 0.717) is 27.4 Å². The average Bonchev–Trinajstić information content (AvgIpc) is 2.63. The van der Waals surface area contributed by atoms with Crippen LogP contribution in [0.25, 0.3) is 0 Å². The van der Waals surface area contributed by atoms with Crippen molar-refractivity contribution in [2.75, 3.05) is 11.1 Å². The summed E-state index contributed by atoms with van der Waals surface area (Å²) in [5, 5.41) is 4.11. The van der Waals surface area contributed by atoms with Crippen molar-refractivity contribution >= 4 is 35.0 Å². The number of nitrogens with one attached hydrogen (secondary N) is 1. The molecule has 0 saturated heterocycles. The van der Waals surface area contributed by atoms with Gasteiger partial charge in [-0.3, -0.25) is 4.79 Å². The number of thioether (sulfide) groups is 1. The number of nitrogens with zero attached hydrogens (tertiary/aromatic N) is 2. The van der Waals surface area contributed by atoms with E-state index in [-0.39, 0.29) is 11.7 Å². The molecule has 1 heterocycles. The highest BCUT2D eigenvalue weighted by Crippen LogP contribution is 2.24. The Hall–Kier alpha value is -2.57. The Bertz CT molecular complexity index is 911. The zero-order valence-corrected chi connectivity index (χ0v) is 16.5. The number of ether oxygens (including phenoxy) is 1. The van der Waals surface area contributed by atoms with Gasteiger partial charge in [-0.15, -0.1) is 0 Å². The predicted molar refractivity (Wildman–Crippen MR) is 109 cm³/mol. The minimum absolute atomic E-state index is 0.117. The molecule has 0 fully saturated rings. The number of carbonyl (C=O) groups excluding carboxylic acids is 1. The maximum absolute atomic E-state index is 12.1. The van der Waals surface area contributed by atoms with Crippen molar-refractivity contribution in [1.29, 1.82) is 0 Å². The standard InChI is InChI=1S/C20H18ClN3O2S/c1-13-11-14(2)23-20(22-13)27-12-19(25)24-16-5-9-18(10-6-16)26-17-7-3-15(21)4-8-17/h3-11H,12H2,1-2H3,(H,24,25). The monoisotopic (exact) mass is 399 g/mol. The van der Waals surface area contributed by atoms with Crippen molar-refractivity contribution in [3.8, 4) is 11.5 Å². The Morgan fingerprint density at radius 2 is 1.56 bits per heavy atom. The first kappa shape index (κ1) is 19.2. The molecule has 0 bridgehead atoms. The van der Waals surface area contributed by atoms with Gasteiger partial charge in [-0.1, -0.05) is 23.4 Å². The van der Waals surface area contributed by atoms with Gasteiger partial charge in [-0.05, 0) is 68.4 Å². The maximum atomic E-state index is 12.1. The van der Waals surface area contributed by atoms with E-state index in [1.165, 1.54) is 11.8 Å². The third-order valence-electron chi connectivity index (χ3n) is 3.48. The lowest BCUT2D eigenvalue weighted by atomic mass is 10.3. The van der Waals surface area contributed by atoms with Gasteiger partial charge < -0.3 is 10.1 Å². The van der Waals surface area contributed by atoms with Gasteiger partial charge in [0.25, 0.3) is 0 Å². The number of hydrogen-bond acceptors (Lipinski definition) is 5. The lowest BCUT2D eigenvalue weighted by Crippen LogP contribution is -2.14. The van der Waals surface area contributed by atoms with Crippen LogP contribution in [0.3, 0.4) is 0 Å². The molecule has 2 aromatic carbocycles. The van der Waals surface area contributed by atoms with Gasteiger partial charge in [0, 0.05) is 22.1 Å². The van der Waals surface area contributed by atoms with E-state index in [9.17, 15) is 4.79 Å². The zero-order chi connectivity index (χ0) is 19.2. The average molecular weight is 400 g/mol. The molecule has 0 aliphatic rings. The summed E-state index contributed by atoms with van der Waals surface area (Å²) in [6, 6.07) is 16.2. The largest absolute Gasteiger partial charge is 0.457 e. The van der Waals surface area contributed by atoms with E-state index in [1.54, 1.807) is 48.5 Å². The number of anilines is 1. The Labute approximate surface area is 167 Å². The molecule has 0 aliphatic heterocycles. The second-order valence-electron chi connectivity index (χ2n) is 5.85. The highest BCUT2D eigenvalue weighted by molar-refractivity contribution is 7.99. The van der Waals surface area contributed by atoms with Gasteiger partial charge in [0.05, 0.1) is 5.75 Å². The molecule has 0 spiro atoms. The summed E-state index contributed by atoms with van der Waals surface area (Å²) in [6.07, 6.45) is 0. The predicted octanol–water partition coefficient (Wildman–Crippen LogP) is 5.27. The summed E-state index contributed by atoms with van der Waals surface area (Å²) in [5.41, 5.74) is 2.48. The molecule has 1 aromatic heterocycles. The maximum Gasteiger partial charge on any atom is 0.234 e. The van der Waals surface area contributed by atoms with E-state index in [1.807, 2.05) is 19.9 Å². The van der Waals surface area contributed by atoms with E-state index >= 15 is 0 Å². The smallest absolute Gasteiger partial charge is 0.234 e. The summed E-state index contributed by atoms with van der Waals surface area (Å²) in [4.78, 5) is 20.8. The van der Waals surface area contributed by atoms with Gasteiger partial charge >= 0.3 is 0 Å². The first-order chi connectivity index (χ1) is 13.0.